The maximum atomic E-state index is 12.1. The van der Waals surface area contributed by atoms with Crippen LogP contribution in [0.5, 0.6) is 0 Å². The van der Waals surface area contributed by atoms with E-state index in [1.807, 2.05) is 0 Å². The van der Waals surface area contributed by atoms with Gasteiger partial charge in [0.2, 0.25) is 31.9 Å². The number of rotatable bonds is 10. The third-order valence-electron chi connectivity index (χ3n) is 4.30. The second-order valence-electron chi connectivity index (χ2n) is 7.21. The molecule has 2 rings (SSSR count). The first-order chi connectivity index (χ1) is 15.3. The number of hydrogen-bond donors (Lipinski definition) is 2. The Morgan fingerprint density at radius 2 is 0.970 bits per heavy atom. The van der Waals surface area contributed by atoms with E-state index in [2.05, 4.69) is 10.6 Å². The van der Waals surface area contributed by atoms with Crippen molar-refractivity contribution >= 4 is 55.0 Å². The van der Waals surface area contributed by atoms with Gasteiger partial charge in [-0.15, -0.1) is 11.8 Å². The lowest BCUT2D eigenvalue weighted by Gasteiger charge is -2.12. The minimum absolute atomic E-state index is 0.0190. The third kappa shape index (κ3) is 7.27. The van der Waals surface area contributed by atoms with Crippen LogP contribution in [0.15, 0.2) is 58.3 Å². The lowest BCUT2D eigenvalue weighted by molar-refractivity contribution is -0.114. The molecule has 0 atom stereocenters. The first-order valence-corrected chi connectivity index (χ1v) is 13.6. The number of carbonyl (C=O) groups excluding carboxylic acids is 2. The molecule has 33 heavy (non-hydrogen) atoms. The molecule has 2 aromatic carbocycles. The van der Waals surface area contributed by atoms with E-state index in [0.29, 0.717) is 11.4 Å². The fourth-order valence-corrected chi connectivity index (χ4v) is 4.89. The highest BCUT2D eigenvalue weighted by molar-refractivity contribution is 8.00. The van der Waals surface area contributed by atoms with Gasteiger partial charge in [-0.25, -0.2) is 25.4 Å². The molecule has 0 bridgehead atoms. The fourth-order valence-electron chi connectivity index (χ4n) is 2.47. The van der Waals surface area contributed by atoms with Gasteiger partial charge in [0.1, 0.15) is 0 Å². The second-order valence-corrected chi connectivity index (χ2v) is 12.5. The Morgan fingerprint density at radius 3 is 1.24 bits per heavy atom. The zero-order chi connectivity index (χ0) is 24.8. The third-order valence-corrected chi connectivity index (χ3v) is 8.89. The highest BCUT2D eigenvalue weighted by Gasteiger charge is 2.18. The van der Waals surface area contributed by atoms with Crippen LogP contribution in [0.25, 0.3) is 0 Å². The van der Waals surface area contributed by atoms with Gasteiger partial charge in [-0.1, -0.05) is 0 Å². The minimum Gasteiger partial charge on any atom is -0.325 e. The summed E-state index contributed by atoms with van der Waals surface area (Å²) in [7, 11) is -1.36. The number of carbonyl (C=O) groups is 2. The zero-order valence-electron chi connectivity index (χ0n) is 18.6. The molecule has 0 aliphatic rings. The van der Waals surface area contributed by atoms with Crippen LogP contribution in [-0.4, -0.2) is 77.0 Å². The van der Waals surface area contributed by atoms with E-state index in [1.165, 1.54) is 76.7 Å². The fraction of sp³-hybridized carbons (Fsp3) is 0.300. The van der Waals surface area contributed by atoms with E-state index >= 15 is 0 Å². The van der Waals surface area contributed by atoms with Gasteiger partial charge in [-0.3, -0.25) is 9.59 Å². The van der Waals surface area contributed by atoms with Crippen LogP contribution in [-0.2, 0) is 29.6 Å². The molecule has 0 saturated heterocycles. The Labute approximate surface area is 198 Å². The molecule has 0 spiro atoms. The standard InChI is InChI=1S/C20H26N4O6S3/c1-23(2)32(27,28)17-9-5-15(6-10-17)21-19(25)13-31-14-20(26)22-16-7-11-18(12-8-16)33(29,30)24(3)4/h5-12H,13-14H2,1-4H3,(H,21,25)(H,22,26). The summed E-state index contributed by atoms with van der Waals surface area (Å²) in [5.74, 6) is -0.639. The molecule has 180 valence electrons. The first kappa shape index (κ1) is 26.8. The van der Waals surface area contributed by atoms with Gasteiger partial charge >= 0.3 is 0 Å². The monoisotopic (exact) mass is 514 g/mol. The average molecular weight is 515 g/mol. The largest absolute Gasteiger partial charge is 0.325 e. The number of anilines is 2. The molecular weight excluding hydrogens is 488 g/mol. The molecule has 2 N–H and O–H groups in total. The summed E-state index contributed by atoms with van der Waals surface area (Å²) in [4.78, 5) is 24.4. The van der Waals surface area contributed by atoms with Gasteiger partial charge in [0.15, 0.2) is 0 Å². The normalized spacial score (nSPS) is 12.1. The molecule has 0 aliphatic heterocycles. The van der Waals surface area contributed by atoms with Crippen LogP contribution in [0.2, 0.25) is 0 Å². The topological polar surface area (TPSA) is 133 Å². The predicted octanol–water partition coefficient (Wildman–Crippen LogP) is 1.50. The van der Waals surface area contributed by atoms with Crippen molar-refractivity contribution in [2.24, 2.45) is 0 Å². The predicted molar refractivity (Wildman–Crippen MR) is 129 cm³/mol. The second kappa shape index (κ2) is 11.1. The Bertz CT molecular complexity index is 1100. The maximum absolute atomic E-state index is 12.1. The van der Waals surface area contributed by atoms with E-state index in [-0.39, 0.29) is 33.1 Å². The molecule has 0 radical (unpaired) electrons. The van der Waals surface area contributed by atoms with Gasteiger partial charge < -0.3 is 10.6 Å². The lowest BCUT2D eigenvalue weighted by atomic mass is 10.3. The van der Waals surface area contributed by atoms with Gasteiger partial charge in [-0.2, -0.15) is 0 Å². The van der Waals surface area contributed by atoms with Crippen LogP contribution in [0.1, 0.15) is 0 Å². The quantitative estimate of drug-likeness (QED) is 0.491. The van der Waals surface area contributed by atoms with Crippen molar-refractivity contribution in [3.63, 3.8) is 0 Å². The van der Waals surface area contributed by atoms with Crippen LogP contribution in [0.4, 0.5) is 11.4 Å². The summed E-state index contributed by atoms with van der Waals surface area (Å²) in [5, 5.41) is 5.28. The van der Waals surface area contributed by atoms with Crippen LogP contribution < -0.4 is 10.6 Å². The Hall–Kier alpha value is -2.45. The number of hydrogen-bond acceptors (Lipinski definition) is 7. The molecule has 0 aromatic heterocycles. The molecule has 2 amide bonds. The van der Waals surface area contributed by atoms with Gasteiger partial charge in [0.05, 0.1) is 21.3 Å². The van der Waals surface area contributed by atoms with Gasteiger partial charge in [0.25, 0.3) is 0 Å². The molecular formula is C20H26N4O6S3. The summed E-state index contributed by atoms with van der Waals surface area (Å²) in [6.45, 7) is 0. The summed E-state index contributed by atoms with van der Waals surface area (Å²) in [5.41, 5.74) is 0.881. The molecule has 13 heteroatoms. The number of benzene rings is 2. The van der Waals surface area contributed by atoms with Crippen molar-refractivity contribution in [3.8, 4) is 0 Å². The van der Waals surface area contributed by atoms with Crippen molar-refractivity contribution in [1.82, 2.24) is 8.61 Å². The number of thioether (sulfide) groups is 1. The maximum Gasteiger partial charge on any atom is 0.242 e. The lowest BCUT2D eigenvalue weighted by Crippen LogP contribution is -2.22. The van der Waals surface area contributed by atoms with Crippen molar-refractivity contribution < 1.29 is 26.4 Å². The summed E-state index contributed by atoms with van der Waals surface area (Å²) in [6, 6.07) is 11.6. The van der Waals surface area contributed by atoms with Crippen molar-refractivity contribution in [3.05, 3.63) is 48.5 Å². The highest BCUT2D eigenvalue weighted by atomic mass is 32.2. The smallest absolute Gasteiger partial charge is 0.242 e. The molecule has 2 aromatic rings. The molecule has 0 saturated carbocycles. The SMILES string of the molecule is CN(C)S(=O)(=O)c1ccc(NC(=O)CSCC(=O)Nc2ccc(S(=O)(=O)N(C)C)cc2)cc1. The van der Waals surface area contributed by atoms with E-state index < -0.39 is 20.0 Å². The summed E-state index contributed by atoms with van der Waals surface area (Å²) >= 11 is 1.10. The number of nitrogens with zero attached hydrogens (tertiary/aromatic N) is 2. The Kier molecular flexibility index (Phi) is 9.03. The molecule has 0 aliphatic carbocycles. The van der Waals surface area contributed by atoms with Crippen LogP contribution in [0.3, 0.4) is 0 Å². The molecule has 0 fully saturated rings. The van der Waals surface area contributed by atoms with E-state index in [9.17, 15) is 26.4 Å². The van der Waals surface area contributed by atoms with Crippen LogP contribution >= 0.6 is 11.8 Å². The van der Waals surface area contributed by atoms with E-state index in [4.69, 9.17) is 0 Å². The number of amides is 2. The Balaban J connectivity index is 1.81. The zero-order valence-corrected chi connectivity index (χ0v) is 21.1. The number of sulfonamides is 2. The summed E-state index contributed by atoms with van der Waals surface area (Å²) in [6.07, 6.45) is 0. The first-order valence-electron chi connectivity index (χ1n) is 9.56. The molecule has 0 unspecified atom stereocenters. The number of nitrogens with one attached hydrogen (secondary N) is 2. The van der Waals surface area contributed by atoms with Gasteiger partial charge in [-0.05, 0) is 48.5 Å². The van der Waals surface area contributed by atoms with E-state index in [0.717, 1.165) is 20.4 Å². The highest BCUT2D eigenvalue weighted by Crippen LogP contribution is 2.18. The van der Waals surface area contributed by atoms with Crippen molar-refractivity contribution in [1.29, 1.82) is 0 Å². The van der Waals surface area contributed by atoms with Crippen molar-refractivity contribution in [2.45, 2.75) is 9.79 Å². The Morgan fingerprint density at radius 1 is 0.667 bits per heavy atom. The average Bonchev–Trinajstić information content (AvgIpc) is 2.74. The summed E-state index contributed by atoms with van der Waals surface area (Å²) < 4.78 is 50.4. The van der Waals surface area contributed by atoms with Gasteiger partial charge in [0, 0.05) is 39.6 Å². The minimum atomic E-state index is -3.55. The molecule has 0 heterocycles. The van der Waals surface area contributed by atoms with Crippen LogP contribution in [0, 0.1) is 0 Å². The van der Waals surface area contributed by atoms with Crippen molar-refractivity contribution in [2.75, 3.05) is 50.3 Å². The molecule has 10 nitrogen and oxygen atoms in total. The van der Waals surface area contributed by atoms with E-state index in [1.54, 1.807) is 0 Å².